The number of aromatic nitrogens is 3. The Morgan fingerprint density at radius 1 is 1.07 bits per heavy atom. The molecule has 134 valence electrons. The van der Waals surface area contributed by atoms with Crippen molar-refractivity contribution in [1.29, 1.82) is 0 Å². The molecule has 7 heteroatoms. The summed E-state index contributed by atoms with van der Waals surface area (Å²) in [5.74, 6) is -1.31. The zero-order valence-corrected chi connectivity index (χ0v) is 14.3. The number of hydrogen-bond acceptors (Lipinski definition) is 3. The minimum Gasteiger partial charge on any atom is -0.320 e. The van der Waals surface area contributed by atoms with Crippen LogP contribution in [0.2, 0.25) is 0 Å². The molecule has 0 aliphatic rings. The lowest BCUT2D eigenvalue weighted by Gasteiger charge is -2.13. The molecular formula is C20H14F2N4O. The number of fused-ring (bicyclic) bond motifs is 1. The maximum atomic E-state index is 13.7. The minimum atomic E-state index is -0.481. The van der Waals surface area contributed by atoms with E-state index in [4.69, 9.17) is 0 Å². The van der Waals surface area contributed by atoms with Crippen LogP contribution in [-0.2, 0) is 0 Å². The number of carbonyl (C=O) groups is 1. The first-order chi connectivity index (χ1) is 13.0. The molecule has 0 bridgehead atoms. The van der Waals surface area contributed by atoms with Gasteiger partial charge in [-0.2, -0.15) is 5.10 Å². The van der Waals surface area contributed by atoms with Crippen LogP contribution in [0.3, 0.4) is 0 Å². The fourth-order valence-corrected chi connectivity index (χ4v) is 2.88. The minimum absolute atomic E-state index is 0.280. The summed E-state index contributed by atoms with van der Waals surface area (Å²) < 4.78 is 28.6. The van der Waals surface area contributed by atoms with Crippen LogP contribution in [0.4, 0.5) is 14.5 Å². The third-order valence-corrected chi connectivity index (χ3v) is 4.17. The standard InChI is InChI=1S/C20H14F2N4O/c1-12-16(9-13-3-4-14(21)10-17(13)24-12)20(27)25-18-11-15(22)5-6-19(18)26-8-2-7-23-26/h2-11H,1H3,(H,25,27). The van der Waals surface area contributed by atoms with Crippen molar-refractivity contribution in [2.75, 3.05) is 5.32 Å². The molecule has 4 aromatic rings. The first kappa shape index (κ1) is 16.8. The number of halogens is 2. The van der Waals surface area contributed by atoms with Crippen molar-refractivity contribution in [1.82, 2.24) is 14.8 Å². The summed E-state index contributed by atoms with van der Waals surface area (Å²) >= 11 is 0. The molecule has 2 aromatic carbocycles. The fraction of sp³-hybridized carbons (Fsp3) is 0.0500. The van der Waals surface area contributed by atoms with Crippen LogP contribution < -0.4 is 5.32 Å². The molecule has 1 amide bonds. The molecule has 0 unspecified atom stereocenters. The monoisotopic (exact) mass is 364 g/mol. The maximum Gasteiger partial charge on any atom is 0.257 e. The van der Waals surface area contributed by atoms with Gasteiger partial charge in [0.05, 0.1) is 28.1 Å². The van der Waals surface area contributed by atoms with Crippen LogP contribution in [0.15, 0.2) is 60.9 Å². The Morgan fingerprint density at radius 2 is 1.85 bits per heavy atom. The molecule has 27 heavy (non-hydrogen) atoms. The van der Waals surface area contributed by atoms with Gasteiger partial charge in [0.1, 0.15) is 11.6 Å². The molecule has 0 saturated heterocycles. The number of nitrogens with zero attached hydrogens (tertiary/aromatic N) is 3. The van der Waals surface area contributed by atoms with Crippen LogP contribution in [0.1, 0.15) is 16.1 Å². The third kappa shape index (κ3) is 3.27. The number of carbonyl (C=O) groups excluding carboxylic acids is 1. The highest BCUT2D eigenvalue weighted by Crippen LogP contribution is 2.23. The Morgan fingerprint density at radius 3 is 2.63 bits per heavy atom. The number of anilines is 1. The summed E-state index contributed by atoms with van der Waals surface area (Å²) in [5.41, 5.74) is 2.05. The van der Waals surface area contributed by atoms with Gasteiger partial charge in [-0.1, -0.05) is 0 Å². The topological polar surface area (TPSA) is 59.8 Å². The maximum absolute atomic E-state index is 13.7. The van der Waals surface area contributed by atoms with Crippen LogP contribution >= 0.6 is 0 Å². The predicted molar refractivity (Wildman–Crippen MR) is 97.9 cm³/mol. The van der Waals surface area contributed by atoms with E-state index >= 15 is 0 Å². The van der Waals surface area contributed by atoms with Crippen molar-refractivity contribution in [3.8, 4) is 5.69 Å². The van der Waals surface area contributed by atoms with Crippen molar-refractivity contribution in [2.45, 2.75) is 6.92 Å². The molecule has 0 saturated carbocycles. The summed E-state index contributed by atoms with van der Waals surface area (Å²) in [4.78, 5) is 17.1. The molecule has 0 aliphatic carbocycles. The molecule has 0 atom stereocenters. The van der Waals surface area contributed by atoms with Crippen LogP contribution in [0, 0.1) is 18.6 Å². The van der Waals surface area contributed by atoms with Crippen molar-refractivity contribution < 1.29 is 13.6 Å². The fourth-order valence-electron chi connectivity index (χ4n) is 2.88. The van der Waals surface area contributed by atoms with Crippen LogP contribution in [0.25, 0.3) is 16.6 Å². The Bertz CT molecular complexity index is 1160. The molecule has 2 heterocycles. The molecule has 0 fully saturated rings. The van der Waals surface area contributed by atoms with E-state index in [1.807, 2.05) is 0 Å². The van der Waals surface area contributed by atoms with E-state index in [1.165, 1.54) is 35.0 Å². The lowest BCUT2D eigenvalue weighted by Crippen LogP contribution is -2.16. The van der Waals surface area contributed by atoms with Gasteiger partial charge in [0.2, 0.25) is 0 Å². The first-order valence-electron chi connectivity index (χ1n) is 8.19. The second-order valence-corrected chi connectivity index (χ2v) is 6.02. The molecule has 4 rings (SSSR count). The molecule has 1 N–H and O–H groups in total. The Hall–Kier alpha value is -3.61. The Labute approximate surface area is 153 Å². The lowest BCUT2D eigenvalue weighted by atomic mass is 10.1. The van der Waals surface area contributed by atoms with Gasteiger partial charge in [-0.25, -0.2) is 13.5 Å². The van der Waals surface area contributed by atoms with E-state index in [0.29, 0.717) is 27.8 Å². The smallest absolute Gasteiger partial charge is 0.257 e. The van der Waals surface area contributed by atoms with Crippen molar-refractivity contribution in [3.05, 3.63) is 83.8 Å². The number of rotatable bonds is 3. The van der Waals surface area contributed by atoms with Gasteiger partial charge < -0.3 is 5.32 Å². The zero-order chi connectivity index (χ0) is 19.0. The SMILES string of the molecule is Cc1nc2cc(F)ccc2cc1C(=O)Nc1cc(F)ccc1-n1cccn1. The Balaban J connectivity index is 1.73. The van der Waals surface area contributed by atoms with Gasteiger partial charge >= 0.3 is 0 Å². The normalized spacial score (nSPS) is 10.9. The first-order valence-corrected chi connectivity index (χ1v) is 8.19. The second kappa shape index (κ2) is 6.60. The van der Waals surface area contributed by atoms with Gasteiger partial charge in [-0.05, 0) is 49.4 Å². The molecular weight excluding hydrogens is 350 g/mol. The number of pyridine rings is 1. The molecule has 2 aromatic heterocycles. The molecule has 5 nitrogen and oxygen atoms in total. The summed E-state index contributed by atoms with van der Waals surface area (Å²) in [6, 6.07) is 11.6. The number of hydrogen-bond donors (Lipinski definition) is 1. The summed E-state index contributed by atoms with van der Waals surface area (Å²) in [7, 11) is 0. The second-order valence-electron chi connectivity index (χ2n) is 6.02. The number of nitrogens with one attached hydrogen (secondary N) is 1. The van der Waals surface area contributed by atoms with Gasteiger partial charge in [0.15, 0.2) is 0 Å². The Kier molecular flexibility index (Phi) is 4.12. The van der Waals surface area contributed by atoms with Gasteiger partial charge in [0.25, 0.3) is 5.91 Å². The molecule has 0 radical (unpaired) electrons. The van der Waals surface area contributed by atoms with Gasteiger partial charge in [-0.15, -0.1) is 0 Å². The van der Waals surface area contributed by atoms with E-state index in [-0.39, 0.29) is 5.69 Å². The summed E-state index contributed by atoms with van der Waals surface area (Å²) in [6.07, 6.45) is 3.28. The number of benzene rings is 2. The highest BCUT2D eigenvalue weighted by atomic mass is 19.1. The quantitative estimate of drug-likeness (QED) is 0.591. The molecule has 0 aliphatic heterocycles. The molecule has 0 spiro atoms. The van der Waals surface area contributed by atoms with Gasteiger partial charge in [-0.3, -0.25) is 9.78 Å². The summed E-state index contributed by atoms with van der Waals surface area (Å²) in [6.45, 7) is 1.67. The largest absolute Gasteiger partial charge is 0.320 e. The van der Waals surface area contributed by atoms with Crippen molar-refractivity contribution >= 4 is 22.5 Å². The van der Waals surface area contributed by atoms with E-state index in [1.54, 1.807) is 37.5 Å². The average molecular weight is 364 g/mol. The summed E-state index contributed by atoms with van der Waals surface area (Å²) in [5, 5.41) is 7.48. The number of aryl methyl sites for hydroxylation is 1. The average Bonchev–Trinajstić information content (AvgIpc) is 3.15. The van der Waals surface area contributed by atoms with Crippen molar-refractivity contribution in [3.63, 3.8) is 0 Å². The third-order valence-electron chi connectivity index (χ3n) is 4.17. The van der Waals surface area contributed by atoms with Crippen molar-refractivity contribution in [2.24, 2.45) is 0 Å². The van der Waals surface area contributed by atoms with E-state index in [9.17, 15) is 13.6 Å². The van der Waals surface area contributed by atoms with Gasteiger partial charge in [0, 0.05) is 23.8 Å². The zero-order valence-electron chi connectivity index (χ0n) is 14.3. The van der Waals surface area contributed by atoms with E-state index in [0.717, 1.165) is 0 Å². The lowest BCUT2D eigenvalue weighted by molar-refractivity contribution is 0.102. The van der Waals surface area contributed by atoms with E-state index in [2.05, 4.69) is 15.4 Å². The van der Waals surface area contributed by atoms with Crippen LogP contribution in [-0.4, -0.2) is 20.7 Å². The van der Waals surface area contributed by atoms with Crippen LogP contribution in [0.5, 0.6) is 0 Å². The predicted octanol–water partition coefficient (Wildman–Crippen LogP) is 4.26. The highest BCUT2D eigenvalue weighted by molar-refractivity contribution is 6.07. The number of amides is 1. The highest BCUT2D eigenvalue weighted by Gasteiger charge is 2.15. The van der Waals surface area contributed by atoms with E-state index < -0.39 is 17.5 Å².